The van der Waals surface area contributed by atoms with Crippen LogP contribution in [-0.2, 0) is 11.0 Å². The Morgan fingerprint density at radius 1 is 1.00 bits per heavy atom. The van der Waals surface area contributed by atoms with E-state index >= 15 is 0 Å². The summed E-state index contributed by atoms with van der Waals surface area (Å²) in [4.78, 5) is 0. The second-order valence-electron chi connectivity index (χ2n) is 5.94. The third-order valence-electron chi connectivity index (χ3n) is 4.15. The minimum Gasteiger partial charge on any atom is -0.445 e. The lowest BCUT2D eigenvalue weighted by Crippen LogP contribution is -2.02. The van der Waals surface area contributed by atoms with Crippen LogP contribution in [0, 0.1) is 0 Å². The normalized spacial score (nSPS) is 13.5. The fourth-order valence-corrected chi connectivity index (χ4v) is 4.11. The summed E-state index contributed by atoms with van der Waals surface area (Å²) in [5, 5.41) is 0. The minimum absolute atomic E-state index is 0.298. The molecule has 0 bridgehead atoms. The van der Waals surface area contributed by atoms with Crippen LogP contribution in [0.2, 0.25) is 0 Å². The lowest BCUT2D eigenvalue weighted by atomic mass is 9.99. The van der Waals surface area contributed by atoms with E-state index in [2.05, 4.69) is 38.1 Å². The zero-order chi connectivity index (χ0) is 16.5. The Morgan fingerprint density at radius 3 is 2.30 bits per heavy atom. The van der Waals surface area contributed by atoms with Gasteiger partial charge in [-0.1, -0.05) is 62.7 Å². The maximum Gasteiger partial charge on any atom is 0.237 e. The summed E-state index contributed by atoms with van der Waals surface area (Å²) in [5.74, 6) is 1.02. The Kier molecular flexibility index (Phi) is 7.42. The fraction of sp³-hybridized carbons (Fsp3) is 0.400. The summed E-state index contributed by atoms with van der Waals surface area (Å²) in [6.07, 6.45) is 5.07. The maximum absolute atomic E-state index is 12.4. The van der Waals surface area contributed by atoms with Gasteiger partial charge in [-0.3, -0.25) is 4.57 Å². The van der Waals surface area contributed by atoms with Crippen LogP contribution in [-0.4, -0.2) is 6.16 Å². The topological polar surface area (TPSA) is 26.3 Å². The molecule has 0 amide bonds. The smallest absolute Gasteiger partial charge is 0.237 e. The molecule has 0 radical (unpaired) electrons. The number of rotatable bonds is 9. The molecule has 0 heterocycles. The van der Waals surface area contributed by atoms with Gasteiger partial charge in [-0.15, -0.1) is 0 Å². The molecule has 2 aromatic rings. The molecule has 0 saturated carbocycles. The molecule has 2 rings (SSSR count). The lowest BCUT2D eigenvalue weighted by Gasteiger charge is -2.15. The van der Waals surface area contributed by atoms with Gasteiger partial charge >= 0.3 is 0 Å². The summed E-state index contributed by atoms with van der Waals surface area (Å²) in [5.41, 5.74) is 2.56. The zero-order valence-electron chi connectivity index (χ0n) is 14.1. The predicted octanol–water partition coefficient (Wildman–Crippen LogP) is 6.08. The molecule has 0 fully saturated rings. The molecule has 2 nitrogen and oxygen atoms in total. The fourth-order valence-electron chi connectivity index (χ4n) is 2.70. The van der Waals surface area contributed by atoms with Crippen molar-refractivity contribution < 1.29 is 9.09 Å². The van der Waals surface area contributed by atoms with E-state index in [1.165, 1.54) is 24.0 Å². The molecule has 0 aliphatic carbocycles. The number of aryl methyl sites for hydroxylation is 1. The van der Waals surface area contributed by atoms with Gasteiger partial charge in [0.15, 0.2) is 0 Å². The maximum atomic E-state index is 12.4. The third-order valence-corrected chi connectivity index (χ3v) is 5.44. The Labute approximate surface area is 140 Å². The molecule has 0 saturated heterocycles. The first kappa shape index (κ1) is 17.8. The lowest BCUT2D eigenvalue weighted by molar-refractivity contribution is 0.498. The van der Waals surface area contributed by atoms with Crippen LogP contribution in [0.4, 0.5) is 0 Å². The van der Waals surface area contributed by atoms with Crippen LogP contribution >= 0.6 is 8.03 Å². The number of benzene rings is 2. The zero-order valence-corrected chi connectivity index (χ0v) is 15.1. The second kappa shape index (κ2) is 9.57. The highest BCUT2D eigenvalue weighted by molar-refractivity contribution is 7.39. The van der Waals surface area contributed by atoms with Crippen molar-refractivity contribution in [2.75, 3.05) is 6.16 Å². The van der Waals surface area contributed by atoms with Gasteiger partial charge in [-0.2, -0.15) is 0 Å². The van der Waals surface area contributed by atoms with Gasteiger partial charge < -0.3 is 4.52 Å². The molecule has 2 atom stereocenters. The van der Waals surface area contributed by atoms with E-state index in [-0.39, 0.29) is 0 Å². The number of hydrogen-bond acceptors (Lipinski definition) is 2. The highest BCUT2D eigenvalue weighted by atomic mass is 31.1. The van der Waals surface area contributed by atoms with Crippen LogP contribution in [0.1, 0.15) is 50.2 Å². The summed E-state index contributed by atoms with van der Waals surface area (Å²) in [7, 11) is -2.08. The molecule has 0 aliphatic heterocycles. The van der Waals surface area contributed by atoms with Gasteiger partial charge in [-0.05, 0) is 48.4 Å². The summed E-state index contributed by atoms with van der Waals surface area (Å²) in [6.45, 7) is 4.33. The van der Waals surface area contributed by atoms with E-state index in [9.17, 15) is 4.57 Å². The van der Waals surface area contributed by atoms with E-state index in [4.69, 9.17) is 4.52 Å². The minimum atomic E-state index is -2.08. The van der Waals surface area contributed by atoms with Crippen LogP contribution in [0.25, 0.3) is 0 Å². The molecular formula is C20H27O2P. The Bertz CT molecular complexity index is 593. The van der Waals surface area contributed by atoms with E-state index in [0.29, 0.717) is 12.1 Å². The molecular weight excluding hydrogens is 303 g/mol. The van der Waals surface area contributed by atoms with E-state index in [1.54, 1.807) is 0 Å². The summed E-state index contributed by atoms with van der Waals surface area (Å²) in [6, 6.07) is 18.3. The molecule has 0 spiro atoms. The summed E-state index contributed by atoms with van der Waals surface area (Å²) >= 11 is 0. The summed E-state index contributed by atoms with van der Waals surface area (Å²) < 4.78 is 18.0. The molecule has 0 N–H and O–H groups in total. The molecule has 124 valence electrons. The Balaban J connectivity index is 1.91. The van der Waals surface area contributed by atoms with Gasteiger partial charge in [0.05, 0.1) is 0 Å². The van der Waals surface area contributed by atoms with E-state index in [1.807, 2.05) is 30.3 Å². The second-order valence-corrected chi connectivity index (χ2v) is 7.30. The first-order chi connectivity index (χ1) is 11.2. The van der Waals surface area contributed by atoms with Crippen LogP contribution in [0.3, 0.4) is 0 Å². The van der Waals surface area contributed by atoms with Crippen LogP contribution < -0.4 is 4.52 Å². The molecule has 2 aromatic carbocycles. The predicted molar refractivity (Wildman–Crippen MR) is 99.0 cm³/mol. The molecule has 2 unspecified atom stereocenters. The van der Waals surface area contributed by atoms with Crippen molar-refractivity contribution in [3.8, 4) is 5.75 Å². The highest BCUT2D eigenvalue weighted by Crippen LogP contribution is 2.34. The molecule has 0 aromatic heterocycles. The van der Waals surface area contributed by atoms with Gasteiger partial charge in [0.25, 0.3) is 0 Å². The third kappa shape index (κ3) is 5.88. The van der Waals surface area contributed by atoms with E-state index < -0.39 is 8.03 Å². The standard InChI is InChI=1S/C20H27O2P/c1-3-5-9-17-12-14-20(15-13-17)22-23(21)16-18(4-2)19-10-7-6-8-11-19/h6-8,10-15,18,23H,3-5,9,16H2,1-2H3. The Hall–Kier alpha value is -1.53. The van der Waals surface area contributed by atoms with E-state index in [0.717, 1.165) is 18.6 Å². The number of unbranched alkanes of at least 4 members (excludes halogenated alkanes) is 1. The van der Waals surface area contributed by atoms with Crippen molar-refractivity contribution in [3.63, 3.8) is 0 Å². The molecule has 3 heteroatoms. The van der Waals surface area contributed by atoms with Gasteiger partial charge in [0, 0.05) is 6.16 Å². The van der Waals surface area contributed by atoms with Crippen molar-refractivity contribution in [2.24, 2.45) is 0 Å². The first-order valence-electron chi connectivity index (χ1n) is 8.57. The van der Waals surface area contributed by atoms with Gasteiger partial charge in [-0.25, -0.2) is 0 Å². The quantitative estimate of drug-likeness (QED) is 0.521. The van der Waals surface area contributed by atoms with Crippen molar-refractivity contribution in [3.05, 3.63) is 65.7 Å². The van der Waals surface area contributed by atoms with Crippen molar-refractivity contribution in [2.45, 2.75) is 45.4 Å². The molecule has 23 heavy (non-hydrogen) atoms. The Morgan fingerprint density at radius 2 is 1.70 bits per heavy atom. The van der Waals surface area contributed by atoms with Gasteiger partial charge in [0.1, 0.15) is 5.75 Å². The van der Waals surface area contributed by atoms with Crippen molar-refractivity contribution in [1.29, 1.82) is 0 Å². The van der Waals surface area contributed by atoms with Crippen molar-refractivity contribution in [1.82, 2.24) is 0 Å². The van der Waals surface area contributed by atoms with Crippen LogP contribution in [0.15, 0.2) is 54.6 Å². The number of hydrogen-bond donors (Lipinski definition) is 0. The first-order valence-corrected chi connectivity index (χ1v) is 10.1. The largest absolute Gasteiger partial charge is 0.445 e. The molecule has 0 aliphatic rings. The van der Waals surface area contributed by atoms with Crippen LogP contribution in [0.5, 0.6) is 5.75 Å². The average Bonchev–Trinajstić information content (AvgIpc) is 2.60. The van der Waals surface area contributed by atoms with Gasteiger partial charge in [0.2, 0.25) is 8.03 Å². The highest BCUT2D eigenvalue weighted by Gasteiger charge is 2.14. The monoisotopic (exact) mass is 330 g/mol. The van der Waals surface area contributed by atoms with Crippen molar-refractivity contribution >= 4 is 8.03 Å². The average molecular weight is 330 g/mol. The SMILES string of the molecule is CCCCc1ccc(O[PH](=O)CC(CC)c2ccccc2)cc1.